The molecule has 0 unspecified atom stereocenters. The Hall–Kier alpha value is -1.07. The third-order valence-electron chi connectivity index (χ3n) is 3.10. The standard InChI is InChI=1S/C15H22ClNO3S/c1-9(2)6-14(18)17-15-11(5)7-12(21(16,19)20)8-13(15)10(3)4/h7-10H,6H2,1-5H3,(H,17,18). The Labute approximate surface area is 131 Å². The van der Waals surface area contributed by atoms with Crippen molar-refractivity contribution in [3.05, 3.63) is 23.3 Å². The highest BCUT2D eigenvalue weighted by Crippen LogP contribution is 2.32. The van der Waals surface area contributed by atoms with E-state index in [0.29, 0.717) is 17.7 Å². The highest BCUT2D eigenvalue weighted by molar-refractivity contribution is 8.13. The number of halogens is 1. The zero-order valence-electron chi connectivity index (χ0n) is 13.0. The zero-order valence-corrected chi connectivity index (χ0v) is 14.6. The molecular weight excluding hydrogens is 310 g/mol. The molecule has 118 valence electrons. The van der Waals surface area contributed by atoms with E-state index in [9.17, 15) is 13.2 Å². The minimum Gasteiger partial charge on any atom is -0.326 e. The molecule has 1 amide bonds. The van der Waals surface area contributed by atoms with Crippen LogP contribution < -0.4 is 5.32 Å². The summed E-state index contributed by atoms with van der Waals surface area (Å²) in [6.45, 7) is 9.59. The van der Waals surface area contributed by atoms with E-state index in [1.54, 1.807) is 6.92 Å². The molecule has 0 aliphatic rings. The van der Waals surface area contributed by atoms with Crippen LogP contribution >= 0.6 is 10.7 Å². The summed E-state index contributed by atoms with van der Waals surface area (Å²) in [6, 6.07) is 3.02. The Bertz CT molecular complexity index is 637. The Balaban J connectivity index is 3.29. The minimum absolute atomic E-state index is 0.0622. The molecule has 0 radical (unpaired) electrons. The molecule has 0 atom stereocenters. The second-order valence-electron chi connectivity index (χ2n) is 5.94. The Morgan fingerprint density at radius 1 is 1.24 bits per heavy atom. The van der Waals surface area contributed by atoms with Crippen molar-refractivity contribution >= 4 is 31.3 Å². The van der Waals surface area contributed by atoms with Crippen LogP contribution in [0.25, 0.3) is 0 Å². The summed E-state index contributed by atoms with van der Waals surface area (Å²) in [5.41, 5.74) is 2.14. The van der Waals surface area contributed by atoms with Crippen molar-refractivity contribution < 1.29 is 13.2 Å². The summed E-state index contributed by atoms with van der Waals surface area (Å²) in [7, 11) is 1.63. The number of hydrogen-bond donors (Lipinski definition) is 1. The van der Waals surface area contributed by atoms with Gasteiger partial charge in [0.25, 0.3) is 9.05 Å². The fraction of sp³-hybridized carbons (Fsp3) is 0.533. The van der Waals surface area contributed by atoms with Crippen molar-refractivity contribution in [3.63, 3.8) is 0 Å². The van der Waals surface area contributed by atoms with Gasteiger partial charge in [-0.05, 0) is 42.0 Å². The molecule has 6 heteroatoms. The lowest BCUT2D eigenvalue weighted by Gasteiger charge is -2.18. The highest BCUT2D eigenvalue weighted by atomic mass is 35.7. The van der Waals surface area contributed by atoms with Crippen LogP contribution in [0.2, 0.25) is 0 Å². The number of aryl methyl sites for hydroxylation is 1. The summed E-state index contributed by atoms with van der Waals surface area (Å²) >= 11 is 0. The van der Waals surface area contributed by atoms with Crippen LogP contribution in [0.5, 0.6) is 0 Å². The minimum atomic E-state index is -3.79. The summed E-state index contributed by atoms with van der Waals surface area (Å²) in [4.78, 5) is 12.0. The third kappa shape index (κ3) is 5.00. The average Bonchev–Trinajstić information content (AvgIpc) is 2.28. The highest BCUT2D eigenvalue weighted by Gasteiger charge is 2.19. The first-order valence-corrected chi connectivity index (χ1v) is 9.22. The molecule has 4 nitrogen and oxygen atoms in total. The largest absolute Gasteiger partial charge is 0.326 e. The summed E-state index contributed by atoms with van der Waals surface area (Å²) in [5.74, 6) is 0.253. The van der Waals surface area contributed by atoms with E-state index >= 15 is 0 Å². The van der Waals surface area contributed by atoms with Crippen LogP contribution in [0.15, 0.2) is 17.0 Å². The summed E-state index contributed by atoms with van der Waals surface area (Å²) < 4.78 is 23.0. The van der Waals surface area contributed by atoms with Gasteiger partial charge in [0, 0.05) is 22.8 Å². The van der Waals surface area contributed by atoms with Crippen molar-refractivity contribution in [1.82, 2.24) is 0 Å². The van der Waals surface area contributed by atoms with Crippen LogP contribution in [0.1, 0.15) is 51.2 Å². The lowest BCUT2D eigenvalue weighted by atomic mass is 9.97. The first-order valence-electron chi connectivity index (χ1n) is 6.91. The Kier molecular flexibility index (Phi) is 5.82. The van der Waals surface area contributed by atoms with Gasteiger partial charge >= 0.3 is 0 Å². The van der Waals surface area contributed by atoms with Crippen LogP contribution in [0, 0.1) is 12.8 Å². The predicted molar refractivity (Wildman–Crippen MR) is 86.4 cm³/mol. The number of hydrogen-bond acceptors (Lipinski definition) is 3. The lowest BCUT2D eigenvalue weighted by Crippen LogP contribution is -2.16. The van der Waals surface area contributed by atoms with Gasteiger partial charge in [-0.2, -0.15) is 0 Å². The molecule has 0 aromatic heterocycles. The molecule has 0 aliphatic heterocycles. The number of nitrogens with one attached hydrogen (secondary N) is 1. The molecule has 0 spiro atoms. The van der Waals surface area contributed by atoms with Crippen LogP contribution in [-0.2, 0) is 13.8 Å². The van der Waals surface area contributed by atoms with Crippen LogP contribution in [0.3, 0.4) is 0 Å². The van der Waals surface area contributed by atoms with E-state index in [0.717, 1.165) is 5.56 Å². The second kappa shape index (κ2) is 6.79. The fourth-order valence-corrected chi connectivity index (χ4v) is 2.96. The SMILES string of the molecule is Cc1cc(S(=O)(=O)Cl)cc(C(C)C)c1NC(=O)CC(C)C. The molecule has 1 rings (SSSR count). The van der Waals surface area contributed by atoms with Gasteiger partial charge in [-0.3, -0.25) is 4.79 Å². The van der Waals surface area contributed by atoms with E-state index in [2.05, 4.69) is 5.32 Å². The number of benzene rings is 1. The molecule has 1 aromatic rings. The van der Waals surface area contributed by atoms with Crippen LogP contribution in [-0.4, -0.2) is 14.3 Å². The molecule has 0 aliphatic carbocycles. The van der Waals surface area contributed by atoms with Gasteiger partial charge in [0.2, 0.25) is 5.91 Å². The van der Waals surface area contributed by atoms with Crippen molar-refractivity contribution in [2.24, 2.45) is 5.92 Å². The normalized spacial score (nSPS) is 12.0. The van der Waals surface area contributed by atoms with Gasteiger partial charge in [0.05, 0.1) is 4.90 Å². The van der Waals surface area contributed by atoms with E-state index < -0.39 is 9.05 Å². The van der Waals surface area contributed by atoms with Gasteiger partial charge in [0.15, 0.2) is 0 Å². The monoisotopic (exact) mass is 331 g/mol. The fourth-order valence-electron chi connectivity index (χ4n) is 2.11. The topological polar surface area (TPSA) is 63.2 Å². The number of carbonyl (C=O) groups is 1. The van der Waals surface area contributed by atoms with Gasteiger partial charge in [-0.1, -0.05) is 27.7 Å². The summed E-state index contributed by atoms with van der Waals surface area (Å²) in [6.07, 6.45) is 0.423. The zero-order chi connectivity index (χ0) is 16.4. The number of amides is 1. The van der Waals surface area contributed by atoms with E-state index in [1.165, 1.54) is 12.1 Å². The molecule has 0 heterocycles. The van der Waals surface area contributed by atoms with Gasteiger partial charge in [-0.25, -0.2) is 8.42 Å². The average molecular weight is 332 g/mol. The number of anilines is 1. The first-order chi connectivity index (χ1) is 9.52. The molecule has 1 N–H and O–H groups in total. The smallest absolute Gasteiger partial charge is 0.261 e. The van der Waals surface area contributed by atoms with E-state index in [4.69, 9.17) is 10.7 Å². The first kappa shape index (κ1) is 18.0. The van der Waals surface area contributed by atoms with Crippen molar-refractivity contribution in [2.45, 2.75) is 51.9 Å². The molecule has 21 heavy (non-hydrogen) atoms. The molecular formula is C15H22ClNO3S. The van der Waals surface area contributed by atoms with E-state index in [-0.39, 0.29) is 22.6 Å². The quantitative estimate of drug-likeness (QED) is 0.828. The molecule has 0 saturated carbocycles. The number of rotatable bonds is 5. The Morgan fingerprint density at radius 3 is 2.24 bits per heavy atom. The van der Waals surface area contributed by atoms with Crippen molar-refractivity contribution in [2.75, 3.05) is 5.32 Å². The maximum Gasteiger partial charge on any atom is 0.261 e. The second-order valence-corrected chi connectivity index (χ2v) is 8.51. The molecule has 0 saturated heterocycles. The van der Waals surface area contributed by atoms with Crippen LogP contribution in [0.4, 0.5) is 5.69 Å². The third-order valence-corrected chi connectivity index (χ3v) is 4.43. The number of carbonyl (C=O) groups excluding carboxylic acids is 1. The lowest BCUT2D eigenvalue weighted by molar-refractivity contribution is -0.116. The Morgan fingerprint density at radius 2 is 1.81 bits per heavy atom. The van der Waals surface area contributed by atoms with E-state index in [1.807, 2.05) is 27.7 Å². The molecule has 0 fully saturated rings. The summed E-state index contributed by atoms with van der Waals surface area (Å²) in [5, 5.41) is 2.89. The van der Waals surface area contributed by atoms with Gasteiger partial charge in [0.1, 0.15) is 0 Å². The van der Waals surface area contributed by atoms with Gasteiger partial charge < -0.3 is 5.32 Å². The van der Waals surface area contributed by atoms with Gasteiger partial charge in [-0.15, -0.1) is 0 Å². The molecule has 1 aromatic carbocycles. The maximum atomic E-state index is 12.0. The predicted octanol–water partition coefficient (Wildman–Crippen LogP) is 4.03. The maximum absolute atomic E-state index is 12.0. The van der Waals surface area contributed by atoms with Crippen molar-refractivity contribution in [3.8, 4) is 0 Å². The molecule has 0 bridgehead atoms. The van der Waals surface area contributed by atoms with Crippen molar-refractivity contribution in [1.29, 1.82) is 0 Å².